The lowest BCUT2D eigenvalue weighted by Gasteiger charge is -2.20. The van der Waals surface area contributed by atoms with Crippen molar-refractivity contribution in [3.63, 3.8) is 0 Å². The van der Waals surface area contributed by atoms with Crippen LogP contribution in [-0.4, -0.2) is 19.3 Å². The van der Waals surface area contributed by atoms with E-state index in [1.807, 2.05) is 0 Å². The predicted molar refractivity (Wildman–Crippen MR) is 45.0 cm³/mol. The fourth-order valence-electron chi connectivity index (χ4n) is 0.692. The van der Waals surface area contributed by atoms with Gasteiger partial charge in [0.1, 0.15) is 0 Å². The van der Waals surface area contributed by atoms with E-state index >= 15 is 0 Å². The lowest BCUT2D eigenvalue weighted by Crippen LogP contribution is -2.20. The molecule has 0 aliphatic carbocycles. The van der Waals surface area contributed by atoms with Crippen molar-refractivity contribution in [2.75, 3.05) is 13.8 Å². The van der Waals surface area contributed by atoms with Crippen molar-refractivity contribution in [2.45, 2.75) is 20.8 Å². The normalized spacial score (nSPS) is 17.5. The molecule has 0 aromatic heterocycles. The lowest BCUT2D eigenvalue weighted by molar-refractivity contribution is -0.119. The highest BCUT2D eigenvalue weighted by atomic mass is 31.2. The third-order valence-electron chi connectivity index (χ3n) is 1.36. The molecule has 0 saturated heterocycles. The number of hydrogen-bond acceptors (Lipinski definition) is 3. The Bertz CT molecular complexity index is 202. The summed E-state index contributed by atoms with van der Waals surface area (Å²) in [7, 11) is -1.73. The van der Waals surface area contributed by atoms with Crippen LogP contribution in [0.5, 0.6) is 0 Å². The quantitative estimate of drug-likeness (QED) is 0.608. The molecule has 0 rings (SSSR count). The summed E-state index contributed by atoms with van der Waals surface area (Å²) in [5, 5.41) is 0. The summed E-state index contributed by atoms with van der Waals surface area (Å²) in [6, 6.07) is 0. The van der Waals surface area contributed by atoms with Crippen molar-refractivity contribution in [1.29, 1.82) is 0 Å². The van der Waals surface area contributed by atoms with Gasteiger partial charge in [0, 0.05) is 19.2 Å². The van der Waals surface area contributed by atoms with Crippen LogP contribution in [0.15, 0.2) is 0 Å². The lowest BCUT2D eigenvalue weighted by atomic mass is 9.99. The van der Waals surface area contributed by atoms with E-state index in [9.17, 15) is 9.36 Å². The van der Waals surface area contributed by atoms with Crippen molar-refractivity contribution in [3.8, 4) is 0 Å². The highest BCUT2D eigenvalue weighted by molar-refractivity contribution is 7.75. The largest absolute Gasteiger partial charge is 0.327 e. The van der Waals surface area contributed by atoms with Crippen LogP contribution in [0, 0.1) is 5.41 Å². The van der Waals surface area contributed by atoms with E-state index in [1.165, 1.54) is 13.8 Å². The summed E-state index contributed by atoms with van der Waals surface area (Å²) in [4.78, 5) is 11.3. The molecule has 0 radical (unpaired) electrons. The van der Waals surface area contributed by atoms with Crippen molar-refractivity contribution in [2.24, 2.45) is 5.41 Å². The maximum Gasteiger partial charge on any atom is 0.264 e. The molecule has 0 aromatic rings. The van der Waals surface area contributed by atoms with Gasteiger partial charge in [0.2, 0.25) is 5.52 Å². The predicted octanol–water partition coefficient (Wildman–Crippen LogP) is 2.11. The fourth-order valence-corrected chi connectivity index (χ4v) is 2.08. The molecule has 11 heavy (non-hydrogen) atoms. The smallest absolute Gasteiger partial charge is 0.264 e. The molecule has 0 aliphatic heterocycles. The topological polar surface area (TPSA) is 43.4 Å². The number of carbonyl (C=O) groups excluding carboxylic acids is 1. The Labute approximate surface area is 67.6 Å². The zero-order chi connectivity index (χ0) is 9.28. The summed E-state index contributed by atoms with van der Waals surface area (Å²) in [6.07, 6.45) is 0. The second-order valence-corrected chi connectivity index (χ2v) is 6.05. The van der Waals surface area contributed by atoms with Gasteiger partial charge in [0.05, 0.1) is 0 Å². The van der Waals surface area contributed by atoms with Gasteiger partial charge in [-0.05, 0) is 0 Å². The van der Waals surface area contributed by atoms with Crippen LogP contribution in [0.4, 0.5) is 0 Å². The number of hydrogen-bond donors (Lipinski definition) is 0. The molecule has 0 aromatic carbocycles. The monoisotopic (exact) mass is 178 g/mol. The Morgan fingerprint density at radius 3 is 1.82 bits per heavy atom. The molecular weight excluding hydrogens is 163 g/mol. The SMILES string of the molecule is COP(C)(=O)C(=O)C(C)(C)C. The van der Waals surface area contributed by atoms with Crippen molar-refractivity contribution < 1.29 is 13.9 Å². The van der Waals surface area contributed by atoms with E-state index < -0.39 is 12.8 Å². The van der Waals surface area contributed by atoms with E-state index in [2.05, 4.69) is 4.52 Å². The minimum atomic E-state index is -3.02. The molecule has 0 aliphatic rings. The summed E-state index contributed by atoms with van der Waals surface area (Å²) >= 11 is 0. The van der Waals surface area contributed by atoms with E-state index in [1.54, 1.807) is 20.8 Å². The number of rotatable bonds is 2. The van der Waals surface area contributed by atoms with Crippen LogP contribution >= 0.6 is 7.37 Å². The Morgan fingerprint density at radius 2 is 1.73 bits per heavy atom. The first kappa shape index (κ1) is 10.9. The molecule has 0 saturated carbocycles. The second kappa shape index (κ2) is 3.08. The molecule has 3 nitrogen and oxygen atoms in total. The highest BCUT2D eigenvalue weighted by Crippen LogP contribution is 2.48. The van der Waals surface area contributed by atoms with Gasteiger partial charge in [-0.25, -0.2) is 0 Å². The maximum absolute atomic E-state index is 11.4. The molecule has 0 N–H and O–H groups in total. The summed E-state index contributed by atoms with van der Waals surface area (Å²) in [5.41, 5.74) is -0.896. The number of carbonyl (C=O) groups is 1. The zero-order valence-electron chi connectivity index (χ0n) is 7.67. The van der Waals surface area contributed by atoms with Gasteiger partial charge in [-0.1, -0.05) is 20.8 Å². The Hall–Kier alpha value is -0.140. The van der Waals surface area contributed by atoms with Crippen LogP contribution < -0.4 is 0 Å². The van der Waals surface area contributed by atoms with E-state index in [0.717, 1.165) is 0 Å². The van der Waals surface area contributed by atoms with Crippen molar-refractivity contribution in [1.82, 2.24) is 0 Å². The summed E-state index contributed by atoms with van der Waals surface area (Å²) in [5.74, 6) is 0. The molecule has 4 heteroatoms. The molecule has 0 spiro atoms. The van der Waals surface area contributed by atoms with Crippen LogP contribution in [0.3, 0.4) is 0 Å². The molecule has 0 bridgehead atoms. The molecule has 1 atom stereocenters. The van der Waals surface area contributed by atoms with Gasteiger partial charge in [-0.15, -0.1) is 0 Å². The highest BCUT2D eigenvalue weighted by Gasteiger charge is 2.35. The first-order valence-electron chi connectivity index (χ1n) is 3.40. The standard InChI is InChI=1S/C7H15O3P/c1-7(2,3)6(8)11(5,9)10-4/h1-5H3. The Balaban J connectivity index is 4.65. The first-order chi connectivity index (χ1) is 4.72. The minimum absolute atomic E-state index is 0.312. The van der Waals surface area contributed by atoms with Crippen molar-refractivity contribution in [3.05, 3.63) is 0 Å². The average molecular weight is 178 g/mol. The Morgan fingerprint density at radius 1 is 1.36 bits per heavy atom. The van der Waals surface area contributed by atoms with Gasteiger partial charge < -0.3 is 4.52 Å². The molecule has 0 heterocycles. The molecule has 0 amide bonds. The fraction of sp³-hybridized carbons (Fsp3) is 0.857. The summed E-state index contributed by atoms with van der Waals surface area (Å²) < 4.78 is 16.0. The van der Waals surface area contributed by atoms with E-state index in [-0.39, 0.29) is 5.52 Å². The third-order valence-corrected chi connectivity index (χ3v) is 3.46. The molecule has 0 fully saturated rings. The van der Waals surface area contributed by atoms with Crippen LogP contribution in [0.1, 0.15) is 20.8 Å². The zero-order valence-corrected chi connectivity index (χ0v) is 8.57. The minimum Gasteiger partial charge on any atom is -0.327 e. The van der Waals surface area contributed by atoms with E-state index in [0.29, 0.717) is 0 Å². The maximum atomic E-state index is 11.4. The molecule has 66 valence electrons. The summed E-state index contributed by atoms with van der Waals surface area (Å²) in [6.45, 7) is 6.53. The Kier molecular flexibility index (Phi) is 3.04. The average Bonchev–Trinajstić information content (AvgIpc) is 1.84. The van der Waals surface area contributed by atoms with Crippen molar-refractivity contribution >= 4 is 12.9 Å². The molecule has 1 unspecified atom stereocenters. The third kappa shape index (κ3) is 2.76. The van der Waals surface area contributed by atoms with Gasteiger partial charge >= 0.3 is 0 Å². The van der Waals surface area contributed by atoms with Gasteiger partial charge in [-0.2, -0.15) is 0 Å². The van der Waals surface area contributed by atoms with Crippen LogP contribution in [0.2, 0.25) is 0 Å². The van der Waals surface area contributed by atoms with Gasteiger partial charge in [0.25, 0.3) is 7.37 Å². The van der Waals surface area contributed by atoms with Gasteiger partial charge in [-0.3, -0.25) is 9.36 Å². The van der Waals surface area contributed by atoms with Crippen LogP contribution in [-0.2, 0) is 13.9 Å². The molecular formula is C7H15O3P. The first-order valence-corrected chi connectivity index (χ1v) is 5.47. The second-order valence-electron chi connectivity index (χ2n) is 3.58. The van der Waals surface area contributed by atoms with Crippen LogP contribution in [0.25, 0.3) is 0 Å². The van der Waals surface area contributed by atoms with Gasteiger partial charge in [0.15, 0.2) is 0 Å². The van der Waals surface area contributed by atoms with E-state index in [4.69, 9.17) is 0 Å².